The van der Waals surface area contributed by atoms with Gasteiger partial charge in [0.1, 0.15) is 0 Å². The zero-order chi connectivity index (χ0) is 11.5. The summed E-state index contributed by atoms with van der Waals surface area (Å²) in [6, 6.07) is 0. The number of aliphatic hydroxyl groups is 1. The molecule has 0 atom stereocenters. The van der Waals surface area contributed by atoms with Crippen LogP contribution in [-0.2, 0) is 0 Å². The van der Waals surface area contributed by atoms with Crippen LogP contribution in [0.25, 0.3) is 0 Å². The molecule has 0 saturated heterocycles. The maximum Gasteiger partial charge on any atom is 0.0431 e. The monoisotopic (exact) mass is 216 g/mol. The molecule has 3 heteroatoms. The first-order valence-corrected chi connectivity index (χ1v) is 6.11. The first kappa shape index (κ1) is 14.9. The zero-order valence-corrected chi connectivity index (χ0v) is 10.7. The Morgan fingerprint density at radius 1 is 0.733 bits per heavy atom. The Kier molecular flexibility index (Phi) is 10.3. The number of aliphatic hydroxyl groups excluding tert-OH is 1. The number of rotatable bonds is 10. The van der Waals surface area contributed by atoms with E-state index in [1.54, 1.807) is 0 Å². The molecule has 0 heterocycles. The van der Waals surface area contributed by atoms with Crippen LogP contribution in [0.4, 0.5) is 0 Å². The van der Waals surface area contributed by atoms with Gasteiger partial charge in [0, 0.05) is 6.61 Å². The van der Waals surface area contributed by atoms with E-state index in [0.29, 0.717) is 6.61 Å². The van der Waals surface area contributed by atoms with Gasteiger partial charge in [0.25, 0.3) is 0 Å². The van der Waals surface area contributed by atoms with Crippen LogP contribution in [-0.4, -0.2) is 62.3 Å². The number of hydrogen-bond donors (Lipinski definition) is 1. The fourth-order valence-corrected chi connectivity index (χ4v) is 1.62. The molecule has 0 aliphatic heterocycles. The second-order valence-electron chi connectivity index (χ2n) is 4.60. The maximum absolute atomic E-state index is 8.63. The third kappa shape index (κ3) is 11.8. The molecule has 0 aromatic carbocycles. The lowest BCUT2D eigenvalue weighted by Crippen LogP contribution is -2.24. The van der Waals surface area contributed by atoms with Crippen molar-refractivity contribution in [3.8, 4) is 0 Å². The van der Waals surface area contributed by atoms with E-state index >= 15 is 0 Å². The summed E-state index contributed by atoms with van der Waals surface area (Å²) in [5.41, 5.74) is 0. The van der Waals surface area contributed by atoms with Gasteiger partial charge in [0.05, 0.1) is 0 Å². The summed E-state index contributed by atoms with van der Waals surface area (Å²) in [7, 11) is 6.44. The normalized spacial score (nSPS) is 11.6. The Bertz CT molecular complexity index is 129. The summed E-state index contributed by atoms with van der Waals surface area (Å²) in [6.07, 6.45) is 5.89. The van der Waals surface area contributed by atoms with Crippen molar-refractivity contribution < 1.29 is 5.11 Å². The fraction of sp³-hybridized carbons (Fsp3) is 1.00. The molecule has 0 radical (unpaired) electrons. The topological polar surface area (TPSA) is 26.7 Å². The van der Waals surface area contributed by atoms with Crippen molar-refractivity contribution in [2.45, 2.75) is 32.1 Å². The summed E-state index contributed by atoms with van der Waals surface area (Å²) in [5.74, 6) is 0. The first-order valence-electron chi connectivity index (χ1n) is 6.11. The summed E-state index contributed by atoms with van der Waals surface area (Å²) in [4.78, 5) is 4.64. The van der Waals surface area contributed by atoms with Crippen LogP contribution in [0.1, 0.15) is 32.1 Å². The van der Waals surface area contributed by atoms with Gasteiger partial charge in [-0.15, -0.1) is 0 Å². The minimum absolute atomic E-state index is 0.346. The molecule has 92 valence electrons. The van der Waals surface area contributed by atoms with Crippen LogP contribution in [0.2, 0.25) is 0 Å². The highest BCUT2D eigenvalue weighted by atomic mass is 16.2. The van der Waals surface area contributed by atoms with E-state index < -0.39 is 0 Å². The second-order valence-corrected chi connectivity index (χ2v) is 4.60. The first-order chi connectivity index (χ1) is 7.16. The second kappa shape index (κ2) is 10.4. The zero-order valence-electron chi connectivity index (χ0n) is 10.7. The van der Waals surface area contributed by atoms with Gasteiger partial charge in [0.2, 0.25) is 0 Å². The van der Waals surface area contributed by atoms with Crippen LogP contribution in [0, 0.1) is 0 Å². The highest BCUT2D eigenvalue weighted by molar-refractivity contribution is 4.54. The average Bonchev–Trinajstić information content (AvgIpc) is 2.17. The molecule has 15 heavy (non-hydrogen) atoms. The summed E-state index contributed by atoms with van der Waals surface area (Å²) >= 11 is 0. The molecule has 0 spiro atoms. The minimum atomic E-state index is 0.346. The van der Waals surface area contributed by atoms with Crippen molar-refractivity contribution in [2.75, 3.05) is 47.4 Å². The van der Waals surface area contributed by atoms with Gasteiger partial charge in [-0.05, 0) is 60.0 Å². The van der Waals surface area contributed by atoms with E-state index in [1.807, 2.05) is 0 Å². The van der Waals surface area contributed by atoms with Gasteiger partial charge in [0.15, 0.2) is 0 Å². The highest BCUT2D eigenvalue weighted by Gasteiger charge is 1.98. The molecular formula is C12H28N2O. The molecule has 0 amide bonds. The van der Waals surface area contributed by atoms with Crippen molar-refractivity contribution in [3.05, 3.63) is 0 Å². The summed E-state index contributed by atoms with van der Waals surface area (Å²) in [5, 5.41) is 8.63. The van der Waals surface area contributed by atoms with E-state index in [0.717, 1.165) is 6.42 Å². The smallest absolute Gasteiger partial charge is 0.0431 e. The minimum Gasteiger partial charge on any atom is -0.396 e. The van der Waals surface area contributed by atoms with Gasteiger partial charge in [-0.1, -0.05) is 12.8 Å². The van der Waals surface area contributed by atoms with E-state index in [1.165, 1.54) is 45.3 Å². The lowest BCUT2D eigenvalue weighted by Gasteiger charge is -2.17. The van der Waals surface area contributed by atoms with Crippen molar-refractivity contribution in [1.29, 1.82) is 0 Å². The van der Waals surface area contributed by atoms with Gasteiger partial charge >= 0.3 is 0 Å². The van der Waals surface area contributed by atoms with Crippen LogP contribution >= 0.6 is 0 Å². The lowest BCUT2D eigenvalue weighted by molar-refractivity contribution is 0.274. The van der Waals surface area contributed by atoms with Crippen molar-refractivity contribution in [2.24, 2.45) is 0 Å². The molecule has 0 aliphatic rings. The Hall–Kier alpha value is -0.120. The predicted molar refractivity (Wildman–Crippen MR) is 66.2 cm³/mol. The molecule has 3 nitrogen and oxygen atoms in total. The largest absolute Gasteiger partial charge is 0.396 e. The Labute approximate surface area is 95.1 Å². The highest BCUT2D eigenvalue weighted by Crippen LogP contribution is 2.00. The molecule has 0 unspecified atom stereocenters. The fourth-order valence-electron chi connectivity index (χ4n) is 1.62. The Morgan fingerprint density at radius 2 is 1.33 bits per heavy atom. The van der Waals surface area contributed by atoms with Gasteiger partial charge < -0.3 is 14.9 Å². The standard InChI is InChI=1S/C12H28N2O/c1-13(2)9-8-11-14(3)10-6-4-5-7-12-15/h15H,4-12H2,1-3H3. The maximum atomic E-state index is 8.63. The summed E-state index contributed by atoms with van der Waals surface area (Å²) < 4.78 is 0. The van der Waals surface area contributed by atoms with Gasteiger partial charge in [-0.25, -0.2) is 0 Å². The Balaban J connectivity index is 3.15. The van der Waals surface area contributed by atoms with Crippen molar-refractivity contribution in [3.63, 3.8) is 0 Å². The van der Waals surface area contributed by atoms with E-state index in [9.17, 15) is 0 Å². The van der Waals surface area contributed by atoms with Gasteiger partial charge in [-0.3, -0.25) is 0 Å². The number of nitrogens with zero attached hydrogens (tertiary/aromatic N) is 2. The molecule has 0 bridgehead atoms. The molecule has 0 aliphatic carbocycles. The molecule has 0 aromatic rings. The molecule has 0 aromatic heterocycles. The molecule has 0 fully saturated rings. The van der Waals surface area contributed by atoms with Crippen LogP contribution < -0.4 is 0 Å². The van der Waals surface area contributed by atoms with Crippen LogP contribution in [0.3, 0.4) is 0 Å². The van der Waals surface area contributed by atoms with Crippen molar-refractivity contribution >= 4 is 0 Å². The molecule has 1 N–H and O–H groups in total. The molecule has 0 rings (SSSR count). The SMILES string of the molecule is CN(C)CCCN(C)CCCCCCO. The predicted octanol–water partition coefficient (Wildman–Crippen LogP) is 1.42. The number of hydrogen-bond acceptors (Lipinski definition) is 3. The van der Waals surface area contributed by atoms with E-state index in [4.69, 9.17) is 5.11 Å². The van der Waals surface area contributed by atoms with Crippen LogP contribution in [0.5, 0.6) is 0 Å². The number of unbranched alkanes of at least 4 members (excludes halogenated alkanes) is 3. The third-order valence-electron chi connectivity index (χ3n) is 2.59. The van der Waals surface area contributed by atoms with Crippen molar-refractivity contribution in [1.82, 2.24) is 9.80 Å². The third-order valence-corrected chi connectivity index (χ3v) is 2.59. The lowest BCUT2D eigenvalue weighted by atomic mass is 10.2. The average molecular weight is 216 g/mol. The molecule has 0 saturated carbocycles. The summed E-state index contributed by atoms with van der Waals surface area (Å²) in [6.45, 7) is 3.91. The van der Waals surface area contributed by atoms with E-state index in [2.05, 4.69) is 30.9 Å². The van der Waals surface area contributed by atoms with Crippen LogP contribution in [0.15, 0.2) is 0 Å². The van der Waals surface area contributed by atoms with Gasteiger partial charge in [-0.2, -0.15) is 0 Å². The molecular weight excluding hydrogens is 188 g/mol. The Morgan fingerprint density at radius 3 is 1.93 bits per heavy atom. The van der Waals surface area contributed by atoms with E-state index in [-0.39, 0.29) is 0 Å². The quantitative estimate of drug-likeness (QED) is 0.560.